The SMILES string of the molecule is NC(=O)CCN1CCC(O)CC1. The Morgan fingerprint density at radius 2 is 2.08 bits per heavy atom. The lowest BCUT2D eigenvalue weighted by Crippen LogP contribution is -2.37. The van der Waals surface area contributed by atoms with Gasteiger partial charge in [0, 0.05) is 26.1 Å². The van der Waals surface area contributed by atoms with Crippen LogP contribution in [0.25, 0.3) is 0 Å². The summed E-state index contributed by atoms with van der Waals surface area (Å²) in [6.45, 7) is 2.50. The molecule has 0 aromatic heterocycles. The van der Waals surface area contributed by atoms with Gasteiger partial charge in [0.1, 0.15) is 0 Å². The molecular formula is C8H16N2O2. The van der Waals surface area contributed by atoms with Crippen LogP contribution in [0.4, 0.5) is 0 Å². The first-order chi connectivity index (χ1) is 5.68. The highest BCUT2D eigenvalue weighted by atomic mass is 16.3. The van der Waals surface area contributed by atoms with Crippen molar-refractivity contribution in [1.29, 1.82) is 0 Å². The van der Waals surface area contributed by atoms with Gasteiger partial charge in [0.2, 0.25) is 5.91 Å². The van der Waals surface area contributed by atoms with Crippen molar-refractivity contribution in [2.75, 3.05) is 19.6 Å². The zero-order valence-electron chi connectivity index (χ0n) is 7.20. The van der Waals surface area contributed by atoms with Gasteiger partial charge in [-0.3, -0.25) is 4.79 Å². The molecule has 4 nitrogen and oxygen atoms in total. The molecule has 1 aliphatic rings. The third kappa shape index (κ3) is 3.19. The standard InChI is InChI=1S/C8H16N2O2/c9-8(12)3-6-10-4-1-7(11)2-5-10/h7,11H,1-6H2,(H2,9,12). The Labute approximate surface area is 72.3 Å². The molecule has 70 valence electrons. The molecule has 0 aromatic carbocycles. The molecule has 1 fully saturated rings. The molecule has 0 unspecified atom stereocenters. The van der Waals surface area contributed by atoms with Gasteiger partial charge in [-0.2, -0.15) is 0 Å². The number of carbonyl (C=O) groups excluding carboxylic acids is 1. The summed E-state index contributed by atoms with van der Waals surface area (Å²) >= 11 is 0. The number of nitrogens with zero attached hydrogens (tertiary/aromatic N) is 1. The number of aliphatic hydroxyl groups excluding tert-OH is 1. The maximum absolute atomic E-state index is 10.5. The van der Waals surface area contributed by atoms with E-state index in [9.17, 15) is 9.90 Å². The van der Waals surface area contributed by atoms with Crippen molar-refractivity contribution < 1.29 is 9.90 Å². The van der Waals surface area contributed by atoms with Crippen LogP contribution in [-0.4, -0.2) is 41.7 Å². The molecule has 1 heterocycles. The summed E-state index contributed by atoms with van der Waals surface area (Å²) in [5, 5.41) is 9.19. The van der Waals surface area contributed by atoms with Crippen molar-refractivity contribution in [2.24, 2.45) is 5.73 Å². The Bertz CT molecular complexity index is 153. The summed E-state index contributed by atoms with van der Waals surface area (Å²) in [4.78, 5) is 12.6. The Balaban J connectivity index is 2.13. The minimum absolute atomic E-state index is 0.144. The zero-order chi connectivity index (χ0) is 8.97. The number of likely N-dealkylation sites (tertiary alicyclic amines) is 1. The number of rotatable bonds is 3. The number of amides is 1. The Morgan fingerprint density at radius 3 is 2.58 bits per heavy atom. The van der Waals surface area contributed by atoms with E-state index in [4.69, 9.17) is 5.73 Å². The Kier molecular flexibility index (Phi) is 3.49. The van der Waals surface area contributed by atoms with Crippen LogP contribution in [0.3, 0.4) is 0 Å². The van der Waals surface area contributed by atoms with Crippen LogP contribution in [-0.2, 0) is 4.79 Å². The molecule has 1 rings (SSSR count). The van der Waals surface area contributed by atoms with Gasteiger partial charge in [0.25, 0.3) is 0 Å². The molecule has 0 radical (unpaired) electrons. The maximum atomic E-state index is 10.5. The van der Waals surface area contributed by atoms with Crippen LogP contribution < -0.4 is 5.73 Å². The predicted octanol–water partition coefficient (Wildman–Crippen LogP) is -0.681. The number of hydrogen-bond donors (Lipinski definition) is 2. The molecule has 1 amide bonds. The summed E-state index contributed by atoms with van der Waals surface area (Å²) in [7, 11) is 0. The largest absolute Gasteiger partial charge is 0.393 e. The van der Waals surface area contributed by atoms with Gasteiger partial charge < -0.3 is 15.7 Å². The van der Waals surface area contributed by atoms with Gasteiger partial charge in [-0.15, -0.1) is 0 Å². The lowest BCUT2D eigenvalue weighted by molar-refractivity contribution is -0.118. The summed E-state index contributed by atoms with van der Waals surface area (Å²) < 4.78 is 0. The first kappa shape index (κ1) is 9.48. The number of aliphatic hydroxyl groups is 1. The van der Waals surface area contributed by atoms with E-state index in [0.29, 0.717) is 6.42 Å². The topological polar surface area (TPSA) is 66.6 Å². The molecule has 4 heteroatoms. The summed E-state index contributed by atoms with van der Waals surface area (Å²) in [6, 6.07) is 0. The molecule has 0 saturated carbocycles. The second kappa shape index (κ2) is 4.42. The lowest BCUT2D eigenvalue weighted by atomic mass is 10.1. The number of carbonyl (C=O) groups is 1. The monoisotopic (exact) mass is 172 g/mol. The number of nitrogens with two attached hydrogens (primary N) is 1. The fraction of sp³-hybridized carbons (Fsp3) is 0.875. The second-order valence-electron chi connectivity index (χ2n) is 3.29. The molecule has 0 aliphatic carbocycles. The quantitative estimate of drug-likeness (QED) is 0.592. The van der Waals surface area contributed by atoms with Crippen LogP contribution in [0.2, 0.25) is 0 Å². The average molecular weight is 172 g/mol. The predicted molar refractivity (Wildman–Crippen MR) is 45.5 cm³/mol. The Hall–Kier alpha value is -0.610. The number of hydrogen-bond acceptors (Lipinski definition) is 3. The normalized spacial score (nSPS) is 21.1. The molecule has 12 heavy (non-hydrogen) atoms. The van der Waals surface area contributed by atoms with Crippen molar-refractivity contribution in [3.8, 4) is 0 Å². The first-order valence-electron chi connectivity index (χ1n) is 4.37. The second-order valence-corrected chi connectivity index (χ2v) is 3.29. The van der Waals surface area contributed by atoms with Gasteiger partial charge >= 0.3 is 0 Å². The fourth-order valence-corrected chi connectivity index (χ4v) is 1.41. The smallest absolute Gasteiger partial charge is 0.218 e. The molecule has 0 aromatic rings. The van der Waals surface area contributed by atoms with Gasteiger partial charge in [0.15, 0.2) is 0 Å². The van der Waals surface area contributed by atoms with E-state index in [0.717, 1.165) is 32.5 Å². The highest BCUT2D eigenvalue weighted by molar-refractivity contribution is 5.73. The van der Waals surface area contributed by atoms with Crippen LogP contribution in [0.1, 0.15) is 19.3 Å². The van der Waals surface area contributed by atoms with Gasteiger partial charge in [-0.1, -0.05) is 0 Å². The van der Waals surface area contributed by atoms with Crippen molar-refractivity contribution in [3.05, 3.63) is 0 Å². The van der Waals surface area contributed by atoms with Gasteiger partial charge in [-0.25, -0.2) is 0 Å². The van der Waals surface area contributed by atoms with Crippen LogP contribution in [0, 0.1) is 0 Å². The maximum Gasteiger partial charge on any atom is 0.218 e. The van der Waals surface area contributed by atoms with Crippen molar-refractivity contribution in [2.45, 2.75) is 25.4 Å². The zero-order valence-corrected chi connectivity index (χ0v) is 7.20. The molecule has 1 aliphatic heterocycles. The van der Waals surface area contributed by atoms with Crippen molar-refractivity contribution >= 4 is 5.91 Å². The van der Waals surface area contributed by atoms with Gasteiger partial charge in [-0.05, 0) is 12.8 Å². The third-order valence-electron chi connectivity index (χ3n) is 2.23. The summed E-state index contributed by atoms with van der Waals surface area (Å²) in [5.41, 5.74) is 5.02. The molecule has 0 bridgehead atoms. The lowest BCUT2D eigenvalue weighted by Gasteiger charge is -2.28. The fourth-order valence-electron chi connectivity index (χ4n) is 1.41. The van der Waals surface area contributed by atoms with Crippen LogP contribution in [0.5, 0.6) is 0 Å². The van der Waals surface area contributed by atoms with E-state index in [1.54, 1.807) is 0 Å². The first-order valence-corrected chi connectivity index (χ1v) is 4.37. The van der Waals surface area contributed by atoms with E-state index in [1.807, 2.05) is 0 Å². The van der Waals surface area contributed by atoms with E-state index >= 15 is 0 Å². The highest BCUT2D eigenvalue weighted by Gasteiger charge is 2.16. The summed E-state index contributed by atoms with van der Waals surface area (Å²) in [6.07, 6.45) is 1.92. The van der Waals surface area contributed by atoms with Crippen LogP contribution in [0.15, 0.2) is 0 Å². The molecular weight excluding hydrogens is 156 g/mol. The van der Waals surface area contributed by atoms with E-state index in [2.05, 4.69) is 4.90 Å². The van der Waals surface area contributed by atoms with Gasteiger partial charge in [0.05, 0.1) is 6.10 Å². The minimum atomic E-state index is -0.249. The number of piperidine rings is 1. The highest BCUT2D eigenvalue weighted by Crippen LogP contribution is 2.09. The third-order valence-corrected chi connectivity index (χ3v) is 2.23. The molecule has 0 spiro atoms. The van der Waals surface area contributed by atoms with E-state index in [1.165, 1.54) is 0 Å². The molecule has 1 saturated heterocycles. The Morgan fingerprint density at radius 1 is 1.50 bits per heavy atom. The van der Waals surface area contributed by atoms with Crippen LogP contribution >= 0.6 is 0 Å². The molecule has 3 N–H and O–H groups in total. The van der Waals surface area contributed by atoms with E-state index < -0.39 is 0 Å². The van der Waals surface area contributed by atoms with Crippen molar-refractivity contribution in [3.63, 3.8) is 0 Å². The van der Waals surface area contributed by atoms with Crippen molar-refractivity contribution in [1.82, 2.24) is 4.90 Å². The molecule has 0 atom stereocenters. The average Bonchev–Trinajstić information content (AvgIpc) is 2.03. The summed E-state index contributed by atoms with van der Waals surface area (Å²) in [5.74, 6) is -0.249. The number of primary amides is 1. The van der Waals surface area contributed by atoms with E-state index in [-0.39, 0.29) is 12.0 Å². The minimum Gasteiger partial charge on any atom is -0.393 e.